The molecule has 0 unspecified atom stereocenters. The molecular weight excluding hydrogens is 413 g/mol. The second-order valence-corrected chi connectivity index (χ2v) is 7.33. The maximum Gasteiger partial charge on any atom is 0.281 e. The van der Waals surface area contributed by atoms with Gasteiger partial charge in [0.25, 0.3) is 11.6 Å². The smallest absolute Gasteiger partial charge is 0.281 e. The van der Waals surface area contributed by atoms with Crippen molar-refractivity contribution in [1.29, 1.82) is 0 Å². The van der Waals surface area contributed by atoms with Crippen LogP contribution in [0.15, 0.2) is 41.4 Å². The van der Waals surface area contributed by atoms with Gasteiger partial charge < -0.3 is 9.30 Å². The molecule has 1 heterocycles. The van der Waals surface area contributed by atoms with Crippen molar-refractivity contribution in [3.8, 4) is 0 Å². The molecule has 27 heavy (non-hydrogen) atoms. The monoisotopic (exact) mass is 425 g/mol. The highest BCUT2D eigenvalue weighted by molar-refractivity contribution is 7.16. The first-order valence-corrected chi connectivity index (χ1v) is 9.29. The third-order valence-corrected chi connectivity index (χ3v) is 5.36. The Morgan fingerprint density at radius 2 is 2.07 bits per heavy atom. The van der Waals surface area contributed by atoms with E-state index in [0.717, 1.165) is 5.52 Å². The molecule has 0 aliphatic rings. The molecule has 2 aromatic carbocycles. The summed E-state index contributed by atoms with van der Waals surface area (Å²) in [5.41, 5.74) is 0.885. The fourth-order valence-electron chi connectivity index (χ4n) is 2.47. The number of hydrogen-bond donors (Lipinski definition) is 0. The molecule has 3 aromatic rings. The number of amides is 1. The Labute approximate surface area is 167 Å². The molecule has 0 saturated carbocycles. The number of carbonyl (C=O) groups is 1. The number of nitro benzene ring substituents is 1. The van der Waals surface area contributed by atoms with Crippen molar-refractivity contribution in [2.75, 3.05) is 13.7 Å². The molecule has 0 spiro atoms. The van der Waals surface area contributed by atoms with Crippen LogP contribution in [0, 0.1) is 10.1 Å². The van der Waals surface area contributed by atoms with Crippen molar-refractivity contribution < 1.29 is 14.5 Å². The largest absolute Gasteiger partial charge is 0.383 e. The van der Waals surface area contributed by atoms with E-state index in [1.807, 2.05) is 0 Å². The summed E-state index contributed by atoms with van der Waals surface area (Å²) in [6, 6.07) is 9.07. The van der Waals surface area contributed by atoms with E-state index in [9.17, 15) is 14.9 Å². The standard InChI is InChI=1S/C17H13Cl2N3O4S/c1-26-7-6-21-14-5-3-11(22(24)25)9-15(14)27-17(21)20-16(23)12-8-10(18)2-4-13(12)19/h2-5,8-9H,6-7H2,1H3. The van der Waals surface area contributed by atoms with Gasteiger partial charge in [0, 0.05) is 30.8 Å². The van der Waals surface area contributed by atoms with E-state index in [1.54, 1.807) is 23.8 Å². The Hall–Kier alpha value is -2.26. The van der Waals surface area contributed by atoms with Gasteiger partial charge in [0.1, 0.15) is 0 Å². The van der Waals surface area contributed by atoms with Gasteiger partial charge in [0.15, 0.2) is 4.80 Å². The molecular formula is C17H13Cl2N3O4S. The summed E-state index contributed by atoms with van der Waals surface area (Å²) in [6.45, 7) is 0.825. The zero-order valence-corrected chi connectivity index (χ0v) is 16.3. The number of halogens is 2. The first-order valence-electron chi connectivity index (χ1n) is 7.71. The predicted octanol–water partition coefficient (Wildman–Crippen LogP) is 4.31. The Morgan fingerprint density at radius 3 is 2.78 bits per heavy atom. The van der Waals surface area contributed by atoms with Gasteiger partial charge in [-0.2, -0.15) is 4.99 Å². The van der Waals surface area contributed by atoms with Crippen LogP contribution in [0.1, 0.15) is 10.4 Å². The van der Waals surface area contributed by atoms with Crippen LogP contribution in [0.2, 0.25) is 10.0 Å². The van der Waals surface area contributed by atoms with E-state index in [4.69, 9.17) is 27.9 Å². The lowest BCUT2D eigenvalue weighted by atomic mass is 10.2. The highest BCUT2D eigenvalue weighted by atomic mass is 35.5. The van der Waals surface area contributed by atoms with E-state index in [0.29, 0.717) is 27.7 Å². The SMILES string of the molecule is COCCn1c(=NC(=O)c2cc(Cl)ccc2Cl)sc2cc([N+](=O)[O-])ccc21. The normalized spacial score (nSPS) is 11.9. The minimum Gasteiger partial charge on any atom is -0.383 e. The molecule has 0 bridgehead atoms. The maximum atomic E-state index is 12.6. The highest BCUT2D eigenvalue weighted by Gasteiger charge is 2.15. The molecule has 1 amide bonds. The number of benzene rings is 2. The van der Waals surface area contributed by atoms with Crippen LogP contribution in [0.4, 0.5) is 5.69 Å². The lowest BCUT2D eigenvalue weighted by Gasteiger charge is -2.04. The molecule has 3 rings (SSSR count). The third-order valence-electron chi connectivity index (χ3n) is 3.75. The summed E-state index contributed by atoms with van der Waals surface area (Å²) in [7, 11) is 1.56. The van der Waals surface area contributed by atoms with E-state index in [-0.39, 0.29) is 16.3 Å². The maximum absolute atomic E-state index is 12.6. The lowest BCUT2D eigenvalue weighted by molar-refractivity contribution is -0.384. The number of hydrogen-bond acceptors (Lipinski definition) is 5. The molecule has 10 heteroatoms. The van der Waals surface area contributed by atoms with Crippen LogP contribution >= 0.6 is 34.5 Å². The van der Waals surface area contributed by atoms with Crippen molar-refractivity contribution in [3.05, 3.63) is 66.9 Å². The number of ether oxygens (including phenoxy) is 1. The molecule has 140 valence electrons. The van der Waals surface area contributed by atoms with Gasteiger partial charge in [0.05, 0.1) is 32.3 Å². The van der Waals surface area contributed by atoms with Crippen molar-refractivity contribution in [3.63, 3.8) is 0 Å². The quantitative estimate of drug-likeness (QED) is 0.450. The molecule has 0 radical (unpaired) electrons. The Kier molecular flexibility index (Phi) is 5.91. The molecule has 0 saturated heterocycles. The van der Waals surface area contributed by atoms with Gasteiger partial charge >= 0.3 is 0 Å². The summed E-state index contributed by atoms with van der Waals surface area (Å²) in [5, 5.41) is 11.6. The fourth-order valence-corrected chi connectivity index (χ4v) is 3.93. The Bertz CT molecular complexity index is 1110. The highest BCUT2D eigenvalue weighted by Crippen LogP contribution is 2.24. The summed E-state index contributed by atoms with van der Waals surface area (Å²) in [5.74, 6) is -0.547. The topological polar surface area (TPSA) is 86.7 Å². The number of nitro groups is 1. The van der Waals surface area contributed by atoms with E-state index < -0.39 is 10.8 Å². The van der Waals surface area contributed by atoms with Crippen molar-refractivity contribution in [2.24, 2.45) is 4.99 Å². The molecule has 0 N–H and O–H groups in total. The average molecular weight is 426 g/mol. The predicted molar refractivity (Wildman–Crippen MR) is 105 cm³/mol. The van der Waals surface area contributed by atoms with Crippen LogP contribution in [-0.2, 0) is 11.3 Å². The van der Waals surface area contributed by atoms with Gasteiger partial charge in [-0.1, -0.05) is 34.5 Å². The second-order valence-electron chi connectivity index (χ2n) is 5.48. The van der Waals surface area contributed by atoms with Crippen LogP contribution < -0.4 is 4.80 Å². The number of thiazole rings is 1. The summed E-state index contributed by atoms with van der Waals surface area (Å²) < 4.78 is 7.54. The molecule has 7 nitrogen and oxygen atoms in total. The molecule has 0 aliphatic heterocycles. The van der Waals surface area contributed by atoms with Gasteiger partial charge in [-0.05, 0) is 24.3 Å². The fraction of sp³-hybridized carbons (Fsp3) is 0.176. The molecule has 0 fully saturated rings. The number of nitrogens with zero attached hydrogens (tertiary/aromatic N) is 3. The van der Waals surface area contributed by atoms with E-state index in [1.165, 1.54) is 35.6 Å². The number of non-ortho nitro benzene ring substituents is 1. The lowest BCUT2D eigenvalue weighted by Crippen LogP contribution is -2.19. The van der Waals surface area contributed by atoms with Crippen LogP contribution in [-0.4, -0.2) is 29.1 Å². The van der Waals surface area contributed by atoms with Gasteiger partial charge in [-0.15, -0.1) is 0 Å². The van der Waals surface area contributed by atoms with Crippen molar-refractivity contribution >= 4 is 56.3 Å². The third kappa shape index (κ3) is 4.19. The average Bonchev–Trinajstić information content (AvgIpc) is 2.97. The number of fused-ring (bicyclic) bond motifs is 1. The number of rotatable bonds is 5. The van der Waals surface area contributed by atoms with Gasteiger partial charge in [0.2, 0.25) is 0 Å². The summed E-state index contributed by atoms with van der Waals surface area (Å²) >= 11 is 13.2. The molecule has 0 atom stereocenters. The Balaban J connectivity index is 2.16. The Morgan fingerprint density at radius 1 is 1.30 bits per heavy atom. The molecule has 1 aromatic heterocycles. The van der Waals surface area contributed by atoms with Crippen LogP contribution in [0.3, 0.4) is 0 Å². The zero-order chi connectivity index (χ0) is 19.6. The van der Waals surface area contributed by atoms with Crippen molar-refractivity contribution in [1.82, 2.24) is 4.57 Å². The summed E-state index contributed by atoms with van der Waals surface area (Å²) in [4.78, 5) is 27.7. The number of methoxy groups -OCH3 is 1. The van der Waals surface area contributed by atoms with Gasteiger partial charge in [-0.25, -0.2) is 0 Å². The van der Waals surface area contributed by atoms with E-state index >= 15 is 0 Å². The molecule has 0 aliphatic carbocycles. The van der Waals surface area contributed by atoms with Crippen LogP contribution in [0.25, 0.3) is 10.2 Å². The minimum atomic E-state index is -0.547. The van der Waals surface area contributed by atoms with E-state index in [2.05, 4.69) is 4.99 Å². The first-order chi connectivity index (χ1) is 12.9. The number of aromatic nitrogens is 1. The van der Waals surface area contributed by atoms with Crippen molar-refractivity contribution in [2.45, 2.75) is 6.54 Å². The van der Waals surface area contributed by atoms with Crippen LogP contribution in [0.5, 0.6) is 0 Å². The number of carbonyl (C=O) groups excluding carboxylic acids is 1. The minimum absolute atomic E-state index is 0.0293. The first kappa shape index (κ1) is 19.5. The zero-order valence-electron chi connectivity index (χ0n) is 14.0. The second kappa shape index (κ2) is 8.18. The van der Waals surface area contributed by atoms with Gasteiger partial charge in [-0.3, -0.25) is 14.9 Å². The summed E-state index contributed by atoms with van der Waals surface area (Å²) in [6.07, 6.45) is 0.